The number of amides is 1. The highest BCUT2D eigenvalue weighted by Gasteiger charge is 2.27. The van der Waals surface area contributed by atoms with E-state index < -0.39 is 34.1 Å². The van der Waals surface area contributed by atoms with Crippen LogP contribution in [0.25, 0.3) is 0 Å². The van der Waals surface area contributed by atoms with Crippen molar-refractivity contribution in [2.45, 2.75) is 11.8 Å². The Morgan fingerprint density at radius 2 is 1.53 bits per heavy atom. The molecule has 0 heterocycles. The first kappa shape index (κ1) is 21.7. The summed E-state index contributed by atoms with van der Waals surface area (Å²) < 4.78 is 53.7. The van der Waals surface area contributed by atoms with E-state index in [0.29, 0.717) is 16.3 Å². The Morgan fingerprint density at radius 3 is 2.13 bits per heavy atom. The Kier molecular flexibility index (Phi) is 6.38. The third-order valence-corrected chi connectivity index (χ3v) is 6.54. The Balaban J connectivity index is 1.95. The molecule has 30 heavy (non-hydrogen) atoms. The normalized spacial score (nSPS) is 11.2. The van der Waals surface area contributed by atoms with Crippen molar-refractivity contribution in [1.29, 1.82) is 0 Å². The number of hydrogen-bond donors (Lipinski definition) is 1. The molecule has 1 N–H and O–H groups in total. The Hall–Kier alpha value is -2.97. The summed E-state index contributed by atoms with van der Waals surface area (Å²) in [6, 6.07) is 13.8. The maximum absolute atomic E-state index is 13.3. The summed E-state index contributed by atoms with van der Waals surface area (Å²) in [5.41, 5.74) is 1.15. The predicted molar refractivity (Wildman–Crippen MR) is 112 cm³/mol. The lowest BCUT2D eigenvalue weighted by Gasteiger charge is -2.24. The van der Waals surface area contributed by atoms with E-state index in [4.69, 9.17) is 11.6 Å². The second kappa shape index (κ2) is 8.81. The highest BCUT2D eigenvalue weighted by molar-refractivity contribution is 7.92. The van der Waals surface area contributed by atoms with Gasteiger partial charge < -0.3 is 5.32 Å². The van der Waals surface area contributed by atoms with Crippen LogP contribution >= 0.6 is 11.6 Å². The van der Waals surface area contributed by atoms with Crippen LogP contribution in [-0.4, -0.2) is 20.9 Å². The predicted octanol–water partition coefficient (Wildman–Crippen LogP) is 4.76. The van der Waals surface area contributed by atoms with Gasteiger partial charge in [0.15, 0.2) is 0 Å². The molecule has 3 aromatic rings. The number of hydrogen-bond acceptors (Lipinski definition) is 3. The summed E-state index contributed by atoms with van der Waals surface area (Å²) in [6.07, 6.45) is 0. The molecule has 0 aliphatic carbocycles. The Labute approximate surface area is 178 Å². The van der Waals surface area contributed by atoms with E-state index >= 15 is 0 Å². The SMILES string of the molecule is Cc1c(Cl)cccc1NC(=O)CN(c1ccc(F)cc1)S(=O)(=O)c1ccc(F)cc1. The van der Waals surface area contributed by atoms with Crippen molar-refractivity contribution >= 4 is 38.9 Å². The van der Waals surface area contributed by atoms with Crippen LogP contribution < -0.4 is 9.62 Å². The zero-order valence-electron chi connectivity index (χ0n) is 15.8. The molecule has 0 radical (unpaired) electrons. The van der Waals surface area contributed by atoms with Gasteiger partial charge in [-0.15, -0.1) is 0 Å². The molecule has 3 aromatic carbocycles. The van der Waals surface area contributed by atoms with E-state index in [-0.39, 0.29) is 10.6 Å². The van der Waals surface area contributed by atoms with Crippen molar-refractivity contribution in [1.82, 2.24) is 0 Å². The number of rotatable bonds is 6. The van der Waals surface area contributed by atoms with E-state index in [2.05, 4.69) is 5.32 Å². The highest BCUT2D eigenvalue weighted by Crippen LogP contribution is 2.26. The minimum absolute atomic E-state index is 0.0821. The van der Waals surface area contributed by atoms with Gasteiger partial charge in [-0.1, -0.05) is 17.7 Å². The van der Waals surface area contributed by atoms with Crippen LogP contribution in [0, 0.1) is 18.6 Å². The lowest BCUT2D eigenvalue weighted by atomic mass is 10.2. The van der Waals surface area contributed by atoms with Gasteiger partial charge in [0.25, 0.3) is 10.0 Å². The number of anilines is 2. The molecule has 3 rings (SSSR count). The van der Waals surface area contributed by atoms with E-state index in [9.17, 15) is 22.0 Å². The van der Waals surface area contributed by atoms with Crippen LogP contribution in [0.1, 0.15) is 5.56 Å². The Morgan fingerprint density at radius 1 is 0.967 bits per heavy atom. The minimum Gasteiger partial charge on any atom is -0.324 e. The molecule has 0 spiro atoms. The number of sulfonamides is 1. The number of halogens is 3. The second-order valence-electron chi connectivity index (χ2n) is 6.40. The maximum Gasteiger partial charge on any atom is 0.264 e. The van der Waals surface area contributed by atoms with Crippen molar-refractivity contribution in [3.63, 3.8) is 0 Å². The molecule has 9 heteroatoms. The summed E-state index contributed by atoms with van der Waals surface area (Å²) in [6.45, 7) is 1.13. The van der Waals surface area contributed by atoms with Crippen molar-refractivity contribution in [3.05, 3.63) is 89.0 Å². The molecule has 5 nitrogen and oxygen atoms in total. The van der Waals surface area contributed by atoms with Gasteiger partial charge in [0.05, 0.1) is 10.6 Å². The zero-order chi connectivity index (χ0) is 21.9. The van der Waals surface area contributed by atoms with Crippen LogP contribution in [0.3, 0.4) is 0 Å². The van der Waals surface area contributed by atoms with Gasteiger partial charge in [0.2, 0.25) is 5.91 Å². The van der Waals surface area contributed by atoms with Gasteiger partial charge in [-0.05, 0) is 73.2 Å². The third-order valence-electron chi connectivity index (χ3n) is 4.35. The van der Waals surface area contributed by atoms with Crippen LogP contribution in [0.5, 0.6) is 0 Å². The van der Waals surface area contributed by atoms with Crippen molar-refractivity contribution in [2.24, 2.45) is 0 Å². The molecule has 0 aliphatic rings. The lowest BCUT2D eigenvalue weighted by molar-refractivity contribution is -0.114. The van der Waals surface area contributed by atoms with Crippen LogP contribution in [0.4, 0.5) is 20.2 Å². The van der Waals surface area contributed by atoms with Crippen molar-refractivity contribution in [3.8, 4) is 0 Å². The number of benzene rings is 3. The van der Waals surface area contributed by atoms with E-state index in [1.165, 1.54) is 12.1 Å². The fourth-order valence-corrected chi connectivity index (χ4v) is 4.31. The topological polar surface area (TPSA) is 66.5 Å². The fraction of sp³-hybridized carbons (Fsp3) is 0.0952. The van der Waals surface area contributed by atoms with Gasteiger partial charge in [-0.3, -0.25) is 9.10 Å². The lowest BCUT2D eigenvalue weighted by Crippen LogP contribution is -2.38. The quantitative estimate of drug-likeness (QED) is 0.588. The van der Waals surface area contributed by atoms with Crippen LogP contribution in [0.2, 0.25) is 5.02 Å². The van der Waals surface area contributed by atoms with Crippen LogP contribution in [-0.2, 0) is 14.8 Å². The number of nitrogens with zero attached hydrogens (tertiary/aromatic N) is 1. The van der Waals surface area contributed by atoms with E-state index in [1.54, 1.807) is 25.1 Å². The van der Waals surface area contributed by atoms with Gasteiger partial charge in [-0.25, -0.2) is 17.2 Å². The highest BCUT2D eigenvalue weighted by atomic mass is 35.5. The molecule has 1 amide bonds. The van der Waals surface area contributed by atoms with E-state index in [0.717, 1.165) is 40.7 Å². The number of carbonyl (C=O) groups is 1. The van der Waals surface area contributed by atoms with Gasteiger partial charge >= 0.3 is 0 Å². The first-order valence-electron chi connectivity index (χ1n) is 8.77. The summed E-state index contributed by atoms with van der Waals surface area (Å²) in [5.74, 6) is -1.79. The smallest absolute Gasteiger partial charge is 0.264 e. The second-order valence-corrected chi connectivity index (χ2v) is 8.67. The van der Waals surface area contributed by atoms with Crippen LogP contribution in [0.15, 0.2) is 71.6 Å². The first-order chi connectivity index (χ1) is 14.2. The molecule has 156 valence electrons. The minimum atomic E-state index is -4.23. The van der Waals surface area contributed by atoms with Crippen molar-refractivity contribution < 1.29 is 22.0 Å². The molecule has 0 unspecified atom stereocenters. The summed E-state index contributed by atoms with van der Waals surface area (Å²) in [5, 5.41) is 3.08. The number of nitrogens with one attached hydrogen (secondary N) is 1. The largest absolute Gasteiger partial charge is 0.324 e. The maximum atomic E-state index is 13.3. The summed E-state index contributed by atoms with van der Waals surface area (Å²) in [4.78, 5) is 12.5. The molecule has 0 bridgehead atoms. The monoisotopic (exact) mass is 450 g/mol. The fourth-order valence-electron chi connectivity index (χ4n) is 2.72. The molecule has 0 atom stereocenters. The third kappa shape index (κ3) is 4.77. The molecule has 0 fully saturated rings. The Bertz CT molecular complexity index is 1170. The molecule has 0 aromatic heterocycles. The average molecular weight is 451 g/mol. The number of carbonyl (C=O) groups excluding carboxylic acids is 1. The molecule has 0 saturated carbocycles. The molecule has 0 aliphatic heterocycles. The summed E-state index contributed by atoms with van der Waals surface area (Å²) >= 11 is 6.06. The van der Waals surface area contributed by atoms with E-state index in [1.807, 2.05) is 0 Å². The molecular formula is C21H17ClF2N2O3S. The van der Waals surface area contributed by atoms with Gasteiger partial charge in [0.1, 0.15) is 18.2 Å². The molecular weight excluding hydrogens is 434 g/mol. The summed E-state index contributed by atoms with van der Waals surface area (Å²) in [7, 11) is -4.23. The van der Waals surface area contributed by atoms with Gasteiger partial charge in [0, 0.05) is 10.7 Å². The average Bonchev–Trinajstić information content (AvgIpc) is 2.71. The zero-order valence-corrected chi connectivity index (χ0v) is 17.3. The standard InChI is InChI=1S/C21H17ClF2N2O3S/c1-14-19(22)3-2-4-20(14)25-21(27)13-26(17-9-5-15(23)6-10-17)30(28,29)18-11-7-16(24)8-12-18/h2-12H,13H2,1H3,(H,25,27). The van der Waals surface area contributed by atoms with Crippen molar-refractivity contribution in [2.75, 3.05) is 16.2 Å². The van der Waals surface area contributed by atoms with Gasteiger partial charge in [-0.2, -0.15) is 0 Å². The first-order valence-corrected chi connectivity index (χ1v) is 10.6. The molecule has 0 saturated heterocycles.